The molecule has 0 saturated carbocycles. The second kappa shape index (κ2) is 4.79. The molecule has 1 heterocycles. The van der Waals surface area contributed by atoms with E-state index < -0.39 is 9.84 Å². The molecule has 1 N–H and O–H groups in total. The summed E-state index contributed by atoms with van der Waals surface area (Å²) in [5, 5.41) is 3.93. The van der Waals surface area contributed by atoms with Gasteiger partial charge in [-0.1, -0.05) is 35.9 Å². The number of nitrogens with one attached hydrogen (secondary N) is 1. The van der Waals surface area contributed by atoms with Crippen molar-refractivity contribution in [1.82, 2.24) is 0 Å². The van der Waals surface area contributed by atoms with Crippen molar-refractivity contribution in [3.63, 3.8) is 0 Å². The van der Waals surface area contributed by atoms with Crippen LogP contribution < -0.4 is 5.32 Å². The van der Waals surface area contributed by atoms with Crippen LogP contribution in [-0.4, -0.2) is 14.2 Å². The van der Waals surface area contributed by atoms with Gasteiger partial charge >= 0.3 is 0 Å². The molecule has 0 aromatic heterocycles. The summed E-state index contributed by atoms with van der Waals surface area (Å²) in [5.74, 6) is 0.0816. The van der Waals surface area contributed by atoms with Crippen molar-refractivity contribution in [1.29, 1.82) is 0 Å². The van der Waals surface area contributed by atoms with Crippen molar-refractivity contribution in [2.24, 2.45) is 0 Å². The van der Waals surface area contributed by atoms with E-state index in [1.165, 1.54) is 0 Å². The van der Waals surface area contributed by atoms with Gasteiger partial charge in [0.05, 0.1) is 16.7 Å². The van der Waals surface area contributed by atoms with Crippen LogP contribution in [0.3, 0.4) is 0 Å². The number of aryl methyl sites for hydroxylation is 1. The molecule has 104 valence electrons. The number of fused-ring (bicyclic) bond motifs is 1. The quantitative estimate of drug-likeness (QED) is 0.922. The van der Waals surface area contributed by atoms with Crippen molar-refractivity contribution in [3.8, 4) is 0 Å². The Morgan fingerprint density at radius 2 is 1.95 bits per heavy atom. The number of rotatable bonds is 2. The molecule has 1 aliphatic heterocycles. The summed E-state index contributed by atoms with van der Waals surface area (Å²) in [5.41, 5.74) is 2.73. The van der Waals surface area contributed by atoms with Crippen molar-refractivity contribution >= 4 is 27.1 Å². The third-order valence-corrected chi connectivity index (χ3v) is 5.59. The zero-order valence-corrected chi connectivity index (χ0v) is 12.5. The molecule has 3 nitrogen and oxygen atoms in total. The van der Waals surface area contributed by atoms with Crippen molar-refractivity contribution in [2.75, 3.05) is 11.1 Å². The highest BCUT2D eigenvalue weighted by Gasteiger charge is 2.34. The van der Waals surface area contributed by atoms with Crippen LogP contribution in [0.25, 0.3) is 0 Å². The molecule has 2 aromatic carbocycles. The molecule has 0 saturated heterocycles. The highest BCUT2D eigenvalue weighted by atomic mass is 35.5. The fraction of sp³-hybridized carbons (Fsp3) is 0.200. The molecule has 0 aliphatic carbocycles. The van der Waals surface area contributed by atoms with Gasteiger partial charge in [0.25, 0.3) is 0 Å². The summed E-state index contributed by atoms with van der Waals surface area (Å²) in [7, 11) is -3.19. The van der Waals surface area contributed by atoms with Gasteiger partial charge in [0.15, 0.2) is 9.84 Å². The van der Waals surface area contributed by atoms with Crippen molar-refractivity contribution in [2.45, 2.75) is 17.9 Å². The Labute approximate surface area is 123 Å². The van der Waals surface area contributed by atoms with E-state index in [9.17, 15) is 8.42 Å². The molecule has 3 rings (SSSR count). The highest BCUT2D eigenvalue weighted by molar-refractivity contribution is 7.91. The molecule has 2 aromatic rings. The first kappa shape index (κ1) is 13.5. The zero-order chi connectivity index (χ0) is 14.3. The maximum atomic E-state index is 12.1. The second-order valence-electron chi connectivity index (χ2n) is 4.98. The summed E-state index contributed by atoms with van der Waals surface area (Å²) < 4.78 is 24.3. The fourth-order valence-corrected chi connectivity index (χ4v) is 4.42. The second-order valence-corrected chi connectivity index (χ2v) is 7.41. The van der Waals surface area contributed by atoms with Crippen LogP contribution in [0.2, 0.25) is 5.02 Å². The molecule has 0 radical (unpaired) electrons. The number of anilines is 1. The molecule has 1 unspecified atom stereocenters. The van der Waals surface area contributed by atoms with Crippen LogP contribution in [0.4, 0.5) is 5.69 Å². The van der Waals surface area contributed by atoms with E-state index in [-0.39, 0.29) is 11.8 Å². The van der Waals surface area contributed by atoms with Crippen LogP contribution in [0.5, 0.6) is 0 Å². The topological polar surface area (TPSA) is 46.2 Å². The van der Waals surface area contributed by atoms with Crippen LogP contribution in [0.15, 0.2) is 47.4 Å². The normalized spacial score (nSPS) is 19.6. The van der Waals surface area contributed by atoms with Crippen LogP contribution >= 0.6 is 11.6 Å². The zero-order valence-electron chi connectivity index (χ0n) is 10.9. The predicted molar refractivity (Wildman–Crippen MR) is 81.0 cm³/mol. The first-order chi connectivity index (χ1) is 9.47. The van der Waals surface area contributed by atoms with Crippen LogP contribution in [-0.2, 0) is 9.84 Å². The van der Waals surface area contributed by atoms with Gasteiger partial charge in [-0.2, -0.15) is 0 Å². The van der Waals surface area contributed by atoms with E-state index in [1.54, 1.807) is 12.1 Å². The first-order valence-electron chi connectivity index (χ1n) is 6.32. The Morgan fingerprint density at radius 1 is 1.20 bits per heavy atom. The first-order valence-corrected chi connectivity index (χ1v) is 8.35. The summed E-state index contributed by atoms with van der Waals surface area (Å²) in [6.45, 7) is 1.97. The van der Waals surface area contributed by atoms with E-state index in [0.29, 0.717) is 9.92 Å². The Kier molecular flexibility index (Phi) is 3.22. The Morgan fingerprint density at radius 3 is 2.75 bits per heavy atom. The van der Waals surface area contributed by atoms with Crippen LogP contribution in [0.1, 0.15) is 17.2 Å². The standard InChI is InChI=1S/C15H14ClNO2S/c1-10-6-7-11(16)8-13(10)17-14-9-20(18,19)15-5-3-2-4-12(14)15/h2-8,14,17H,9H2,1H3. The average molecular weight is 308 g/mol. The van der Waals surface area contributed by atoms with Gasteiger partial charge in [-0.3, -0.25) is 0 Å². The molecule has 1 aliphatic rings. The minimum absolute atomic E-state index is 0.0816. The minimum Gasteiger partial charge on any atom is -0.377 e. The molecule has 0 fully saturated rings. The number of hydrogen-bond donors (Lipinski definition) is 1. The molecule has 0 spiro atoms. The van der Waals surface area contributed by atoms with Gasteiger partial charge in [0, 0.05) is 10.7 Å². The Balaban J connectivity index is 2.00. The smallest absolute Gasteiger partial charge is 0.181 e. The summed E-state index contributed by atoms with van der Waals surface area (Å²) in [4.78, 5) is 0.428. The molecule has 0 bridgehead atoms. The number of hydrogen-bond acceptors (Lipinski definition) is 3. The Bertz CT molecular complexity index is 771. The molecule has 0 amide bonds. The lowest BCUT2D eigenvalue weighted by atomic mass is 10.1. The maximum absolute atomic E-state index is 12.1. The Hall–Kier alpha value is -1.52. The van der Waals surface area contributed by atoms with Crippen molar-refractivity contribution in [3.05, 3.63) is 58.6 Å². The lowest BCUT2D eigenvalue weighted by Gasteiger charge is -2.16. The van der Waals surface area contributed by atoms with E-state index in [4.69, 9.17) is 11.6 Å². The third-order valence-electron chi connectivity index (χ3n) is 3.54. The summed E-state index contributed by atoms with van der Waals surface area (Å²) in [6.07, 6.45) is 0. The molecular formula is C15H14ClNO2S. The molecular weight excluding hydrogens is 294 g/mol. The third kappa shape index (κ3) is 2.30. The van der Waals surface area contributed by atoms with E-state index in [2.05, 4.69) is 5.32 Å². The predicted octanol–water partition coefficient (Wildman–Crippen LogP) is 3.59. The van der Waals surface area contributed by atoms with E-state index in [1.807, 2.05) is 37.3 Å². The number of sulfone groups is 1. The average Bonchev–Trinajstić information content (AvgIpc) is 2.66. The lowest BCUT2D eigenvalue weighted by Crippen LogP contribution is -2.13. The molecule has 1 atom stereocenters. The SMILES string of the molecule is Cc1ccc(Cl)cc1NC1CS(=O)(=O)c2ccccc21. The van der Waals surface area contributed by atoms with Gasteiger partial charge in [-0.15, -0.1) is 0 Å². The maximum Gasteiger partial charge on any atom is 0.181 e. The molecule has 20 heavy (non-hydrogen) atoms. The van der Waals surface area contributed by atoms with Gasteiger partial charge in [-0.05, 0) is 36.2 Å². The highest BCUT2D eigenvalue weighted by Crippen LogP contribution is 2.36. The molecule has 5 heteroatoms. The van der Waals surface area contributed by atoms with E-state index in [0.717, 1.165) is 16.8 Å². The van der Waals surface area contributed by atoms with Gasteiger partial charge in [0.1, 0.15) is 0 Å². The van der Waals surface area contributed by atoms with Gasteiger partial charge in [-0.25, -0.2) is 8.42 Å². The van der Waals surface area contributed by atoms with Crippen LogP contribution in [0, 0.1) is 6.92 Å². The monoisotopic (exact) mass is 307 g/mol. The largest absolute Gasteiger partial charge is 0.377 e. The van der Waals surface area contributed by atoms with Crippen molar-refractivity contribution < 1.29 is 8.42 Å². The lowest BCUT2D eigenvalue weighted by molar-refractivity contribution is 0.598. The fourth-order valence-electron chi connectivity index (χ4n) is 2.51. The summed E-state index contributed by atoms with van der Waals surface area (Å²) >= 11 is 6.00. The number of halogens is 1. The summed E-state index contributed by atoms with van der Waals surface area (Å²) in [6, 6.07) is 12.5. The van der Waals surface area contributed by atoms with Gasteiger partial charge in [0.2, 0.25) is 0 Å². The van der Waals surface area contributed by atoms with E-state index >= 15 is 0 Å². The number of benzene rings is 2. The van der Waals surface area contributed by atoms with Gasteiger partial charge < -0.3 is 5.32 Å². The minimum atomic E-state index is -3.19.